The van der Waals surface area contributed by atoms with Gasteiger partial charge in [0.25, 0.3) is 5.56 Å². The molecule has 0 saturated carbocycles. The molecule has 0 bridgehead atoms. The van der Waals surface area contributed by atoms with Gasteiger partial charge in [-0.25, -0.2) is 0 Å². The summed E-state index contributed by atoms with van der Waals surface area (Å²) in [5, 5.41) is 5.25. The maximum absolute atomic E-state index is 12.8. The Balaban J connectivity index is 1.84. The van der Waals surface area contributed by atoms with Crippen LogP contribution in [-0.2, 0) is 0 Å². The van der Waals surface area contributed by atoms with Crippen molar-refractivity contribution in [1.29, 1.82) is 0 Å². The SMILES string of the molecule is COc1cccc(C=c2sc3nc(-c4ccc(Cl)cc4Cl)nn3c2=O)c1OC. The van der Waals surface area contributed by atoms with Gasteiger partial charge in [-0.05, 0) is 30.3 Å². The summed E-state index contributed by atoms with van der Waals surface area (Å²) in [5.74, 6) is 1.51. The molecule has 0 amide bonds. The molecule has 0 radical (unpaired) electrons. The van der Waals surface area contributed by atoms with Crippen LogP contribution in [0.5, 0.6) is 11.5 Å². The number of hydrogen-bond donors (Lipinski definition) is 0. The summed E-state index contributed by atoms with van der Waals surface area (Å²) in [7, 11) is 3.12. The second kappa shape index (κ2) is 7.43. The fourth-order valence-electron chi connectivity index (χ4n) is 2.79. The van der Waals surface area contributed by atoms with E-state index in [4.69, 9.17) is 32.7 Å². The van der Waals surface area contributed by atoms with E-state index in [1.165, 1.54) is 15.9 Å². The van der Waals surface area contributed by atoms with Crippen LogP contribution in [0.3, 0.4) is 0 Å². The monoisotopic (exact) mass is 433 g/mol. The number of para-hydroxylation sites is 1. The predicted octanol–water partition coefficient (Wildman–Crippen LogP) is 3.69. The molecule has 9 heteroatoms. The van der Waals surface area contributed by atoms with Crippen LogP contribution in [-0.4, -0.2) is 28.8 Å². The van der Waals surface area contributed by atoms with Crippen molar-refractivity contribution in [2.24, 2.45) is 0 Å². The van der Waals surface area contributed by atoms with Crippen molar-refractivity contribution in [2.75, 3.05) is 14.2 Å². The first-order valence-electron chi connectivity index (χ1n) is 8.09. The third-order valence-electron chi connectivity index (χ3n) is 4.07. The summed E-state index contributed by atoms with van der Waals surface area (Å²) < 4.78 is 12.5. The zero-order chi connectivity index (χ0) is 19.8. The normalized spacial score (nSPS) is 11.9. The van der Waals surface area contributed by atoms with Gasteiger partial charge in [0.2, 0.25) is 4.96 Å². The van der Waals surface area contributed by atoms with Crippen molar-refractivity contribution >= 4 is 45.6 Å². The Morgan fingerprint density at radius 2 is 1.96 bits per heavy atom. The molecule has 0 aliphatic rings. The van der Waals surface area contributed by atoms with Crippen LogP contribution < -0.4 is 19.6 Å². The quantitative estimate of drug-likeness (QED) is 0.490. The van der Waals surface area contributed by atoms with Gasteiger partial charge in [0.1, 0.15) is 0 Å². The van der Waals surface area contributed by atoms with Gasteiger partial charge in [-0.1, -0.05) is 46.7 Å². The van der Waals surface area contributed by atoms with Crippen LogP contribution in [0, 0.1) is 0 Å². The first-order chi connectivity index (χ1) is 13.5. The Labute approximate surface area is 173 Å². The number of ether oxygens (including phenoxy) is 2. The lowest BCUT2D eigenvalue weighted by Gasteiger charge is -2.09. The van der Waals surface area contributed by atoms with Crippen molar-refractivity contribution in [1.82, 2.24) is 14.6 Å². The highest BCUT2D eigenvalue weighted by Gasteiger charge is 2.15. The van der Waals surface area contributed by atoms with Gasteiger partial charge in [-0.3, -0.25) is 4.79 Å². The molecule has 0 aliphatic heterocycles. The third kappa shape index (κ3) is 3.22. The zero-order valence-electron chi connectivity index (χ0n) is 14.8. The van der Waals surface area contributed by atoms with E-state index >= 15 is 0 Å². The third-order valence-corrected chi connectivity index (χ3v) is 5.58. The number of fused-ring (bicyclic) bond motifs is 1. The molecule has 4 rings (SSSR count). The highest BCUT2D eigenvalue weighted by atomic mass is 35.5. The fraction of sp³-hybridized carbons (Fsp3) is 0.105. The minimum Gasteiger partial charge on any atom is -0.493 e. The minimum atomic E-state index is -0.270. The van der Waals surface area contributed by atoms with Crippen molar-refractivity contribution in [2.45, 2.75) is 0 Å². The highest BCUT2D eigenvalue weighted by molar-refractivity contribution is 7.15. The number of nitrogens with zero attached hydrogens (tertiary/aromatic N) is 3. The van der Waals surface area contributed by atoms with E-state index in [1.54, 1.807) is 44.6 Å². The first kappa shape index (κ1) is 18.7. The van der Waals surface area contributed by atoms with Crippen molar-refractivity contribution in [3.05, 3.63) is 66.9 Å². The van der Waals surface area contributed by atoms with E-state index in [1.807, 2.05) is 12.1 Å². The molecule has 4 aromatic rings. The van der Waals surface area contributed by atoms with Crippen LogP contribution >= 0.6 is 34.5 Å². The molecule has 0 saturated heterocycles. The molecule has 0 fully saturated rings. The van der Waals surface area contributed by atoms with E-state index in [-0.39, 0.29) is 5.56 Å². The van der Waals surface area contributed by atoms with Crippen molar-refractivity contribution < 1.29 is 9.47 Å². The first-order valence-corrected chi connectivity index (χ1v) is 9.66. The molecule has 0 atom stereocenters. The van der Waals surface area contributed by atoms with E-state index < -0.39 is 0 Å². The fourth-order valence-corrected chi connectivity index (χ4v) is 4.18. The van der Waals surface area contributed by atoms with Gasteiger partial charge in [0, 0.05) is 16.1 Å². The lowest BCUT2D eigenvalue weighted by Crippen LogP contribution is -2.23. The number of thiazole rings is 1. The van der Waals surface area contributed by atoms with Gasteiger partial charge in [0.15, 0.2) is 17.3 Å². The second-order valence-electron chi connectivity index (χ2n) is 5.75. The predicted molar refractivity (Wildman–Crippen MR) is 111 cm³/mol. The Kier molecular flexibility index (Phi) is 4.97. The van der Waals surface area contributed by atoms with Crippen LogP contribution in [0.1, 0.15) is 5.56 Å². The summed E-state index contributed by atoms with van der Waals surface area (Å²) in [6.07, 6.45) is 1.74. The van der Waals surface area contributed by atoms with Crippen molar-refractivity contribution in [3.8, 4) is 22.9 Å². The maximum atomic E-state index is 12.8. The van der Waals surface area contributed by atoms with Crippen molar-refractivity contribution in [3.63, 3.8) is 0 Å². The summed E-state index contributed by atoms with van der Waals surface area (Å²) in [6, 6.07) is 10.5. The number of hydrogen-bond acceptors (Lipinski definition) is 6. The molecule has 0 unspecified atom stereocenters. The maximum Gasteiger partial charge on any atom is 0.291 e. The van der Waals surface area contributed by atoms with Crippen LogP contribution in [0.4, 0.5) is 0 Å². The molecule has 0 spiro atoms. The van der Waals surface area contributed by atoms with E-state index in [9.17, 15) is 4.79 Å². The molecule has 28 heavy (non-hydrogen) atoms. The molecule has 2 aromatic carbocycles. The van der Waals surface area contributed by atoms with Gasteiger partial charge >= 0.3 is 0 Å². The summed E-state index contributed by atoms with van der Waals surface area (Å²) in [6.45, 7) is 0. The summed E-state index contributed by atoms with van der Waals surface area (Å²) >= 11 is 13.4. The average Bonchev–Trinajstić information content (AvgIpc) is 3.21. The van der Waals surface area contributed by atoms with Crippen LogP contribution in [0.15, 0.2) is 41.2 Å². The van der Waals surface area contributed by atoms with E-state index in [0.29, 0.717) is 42.4 Å². The van der Waals surface area contributed by atoms with Gasteiger partial charge < -0.3 is 9.47 Å². The number of methoxy groups -OCH3 is 2. The summed E-state index contributed by atoms with van der Waals surface area (Å²) in [4.78, 5) is 17.7. The van der Waals surface area contributed by atoms with Crippen LogP contribution in [0.2, 0.25) is 10.0 Å². The topological polar surface area (TPSA) is 65.7 Å². The Morgan fingerprint density at radius 3 is 2.64 bits per heavy atom. The number of rotatable bonds is 4. The second-order valence-corrected chi connectivity index (χ2v) is 7.61. The molecule has 142 valence electrons. The molecule has 0 N–H and O–H groups in total. The Morgan fingerprint density at radius 1 is 1.14 bits per heavy atom. The van der Waals surface area contributed by atoms with E-state index in [2.05, 4.69) is 10.1 Å². The smallest absolute Gasteiger partial charge is 0.291 e. The lowest BCUT2D eigenvalue weighted by atomic mass is 10.2. The number of benzene rings is 2. The molecule has 2 aromatic heterocycles. The summed E-state index contributed by atoms with van der Waals surface area (Å²) in [5.41, 5.74) is 1.07. The van der Waals surface area contributed by atoms with Crippen LogP contribution in [0.25, 0.3) is 22.4 Å². The molecule has 2 heterocycles. The molecule has 6 nitrogen and oxygen atoms in total. The van der Waals surface area contributed by atoms with Gasteiger partial charge in [-0.2, -0.15) is 9.50 Å². The average molecular weight is 434 g/mol. The Hall–Kier alpha value is -2.61. The molecule has 0 aliphatic carbocycles. The van der Waals surface area contributed by atoms with E-state index in [0.717, 1.165) is 5.56 Å². The minimum absolute atomic E-state index is 0.270. The number of halogens is 2. The number of aromatic nitrogens is 3. The Bertz CT molecular complexity index is 1300. The zero-order valence-corrected chi connectivity index (χ0v) is 17.1. The van der Waals surface area contributed by atoms with Gasteiger partial charge in [0.05, 0.1) is 23.8 Å². The lowest BCUT2D eigenvalue weighted by molar-refractivity contribution is 0.354. The molecular formula is C19H13Cl2N3O3S. The molecular weight excluding hydrogens is 421 g/mol. The van der Waals surface area contributed by atoms with Gasteiger partial charge in [-0.15, -0.1) is 5.10 Å². The largest absolute Gasteiger partial charge is 0.493 e. The highest BCUT2D eigenvalue weighted by Crippen LogP contribution is 2.31. The standard InChI is InChI=1S/C19H13Cl2N3O3S/c1-26-14-5-3-4-10(16(14)27-2)8-15-18(25)24-19(28-15)22-17(23-24)12-7-6-11(20)9-13(12)21/h3-9H,1-2H3.